The van der Waals surface area contributed by atoms with Crippen LogP contribution in [0.25, 0.3) is 0 Å². The van der Waals surface area contributed by atoms with Crippen LogP contribution in [-0.4, -0.2) is 40.1 Å². The molecule has 2 atom stereocenters. The highest BCUT2D eigenvalue weighted by Gasteiger charge is 2.53. The molecule has 0 aromatic carbocycles. The van der Waals surface area contributed by atoms with E-state index in [0.29, 0.717) is 12.8 Å². The van der Waals surface area contributed by atoms with Crippen LogP contribution >= 0.6 is 0 Å². The fourth-order valence-electron chi connectivity index (χ4n) is 2.23. The van der Waals surface area contributed by atoms with Gasteiger partial charge in [-0.15, -0.1) is 0 Å². The first kappa shape index (κ1) is 15.9. The van der Waals surface area contributed by atoms with Gasteiger partial charge in [0, 0.05) is 12.8 Å². The molecule has 110 valence electrons. The zero-order chi connectivity index (χ0) is 14.5. The number of aliphatic carboxylic acids is 2. The Morgan fingerprint density at radius 1 is 0.947 bits per heavy atom. The Kier molecular flexibility index (Phi) is 5.75. The molecule has 1 rings (SSSR count). The number of carboxylic acid groups (broad SMARTS) is 2. The number of carbonyl (C=O) groups is 2. The summed E-state index contributed by atoms with van der Waals surface area (Å²) in [6.45, 7) is 4.01. The third-order valence-electron chi connectivity index (χ3n) is 3.27. The molecule has 6 nitrogen and oxygen atoms in total. The molecule has 0 aromatic rings. The van der Waals surface area contributed by atoms with E-state index in [0.717, 1.165) is 25.7 Å². The van der Waals surface area contributed by atoms with E-state index in [4.69, 9.17) is 19.7 Å². The third kappa shape index (κ3) is 3.91. The molecule has 0 aromatic heterocycles. The van der Waals surface area contributed by atoms with Crippen molar-refractivity contribution in [3.63, 3.8) is 0 Å². The predicted molar refractivity (Wildman–Crippen MR) is 66.8 cm³/mol. The fourth-order valence-corrected chi connectivity index (χ4v) is 2.23. The van der Waals surface area contributed by atoms with Gasteiger partial charge in [0.25, 0.3) is 0 Å². The van der Waals surface area contributed by atoms with Crippen molar-refractivity contribution in [2.24, 2.45) is 0 Å². The van der Waals surface area contributed by atoms with Gasteiger partial charge in [-0.05, 0) is 12.8 Å². The molecule has 1 aliphatic heterocycles. The molecule has 6 heteroatoms. The van der Waals surface area contributed by atoms with E-state index in [2.05, 4.69) is 0 Å². The molecule has 1 aliphatic rings. The zero-order valence-electron chi connectivity index (χ0n) is 11.4. The predicted octanol–water partition coefficient (Wildman–Crippen LogP) is 2.02. The smallest absolute Gasteiger partial charge is 0.336 e. The normalized spacial score (nSPS) is 25.4. The summed E-state index contributed by atoms with van der Waals surface area (Å²) < 4.78 is 11.0. The van der Waals surface area contributed by atoms with E-state index in [9.17, 15) is 9.59 Å². The third-order valence-corrected chi connectivity index (χ3v) is 3.27. The van der Waals surface area contributed by atoms with Crippen molar-refractivity contribution in [3.05, 3.63) is 0 Å². The van der Waals surface area contributed by atoms with Gasteiger partial charge in [0.15, 0.2) is 18.0 Å². The van der Waals surface area contributed by atoms with E-state index >= 15 is 0 Å². The van der Waals surface area contributed by atoms with Gasteiger partial charge in [-0.25, -0.2) is 9.59 Å². The summed E-state index contributed by atoms with van der Waals surface area (Å²) in [5.41, 5.74) is 0. The molecule has 2 N–H and O–H groups in total. The van der Waals surface area contributed by atoms with Gasteiger partial charge in [-0.1, -0.05) is 26.7 Å². The number of ether oxygens (including phenoxy) is 2. The Morgan fingerprint density at radius 2 is 1.32 bits per heavy atom. The first-order chi connectivity index (χ1) is 8.95. The highest BCUT2D eigenvalue weighted by molar-refractivity contribution is 5.84. The van der Waals surface area contributed by atoms with Gasteiger partial charge in [-0.2, -0.15) is 0 Å². The van der Waals surface area contributed by atoms with Crippen LogP contribution in [0.5, 0.6) is 0 Å². The summed E-state index contributed by atoms with van der Waals surface area (Å²) >= 11 is 0. The molecule has 0 saturated carbocycles. The molecule has 0 bridgehead atoms. The molecular formula is C13H22O6. The largest absolute Gasteiger partial charge is 0.479 e. The van der Waals surface area contributed by atoms with Gasteiger partial charge in [-0.3, -0.25) is 0 Å². The van der Waals surface area contributed by atoms with Crippen LogP contribution in [0.2, 0.25) is 0 Å². The van der Waals surface area contributed by atoms with Gasteiger partial charge in [0.1, 0.15) is 0 Å². The first-order valence-electron chi connectivity index (χ1n) is 6.77. The molecule has 1 heterocycles. The molecule has 0 aliphatic carbocycles. The second-order valence-corrected chi connectivity index (χ2v) is 4.87. The van der Waals surface area contributed by atoms with Crippen LogP contribution in [-0.2, 0) is 19.1 Å². The fraction of sp³-hybridized carbons (Fsp3) is 0.846. The maximum absolute atomic E-state index is 11.1. The monoisotopic (exact) mass is 274 g/mol. The average molecular weight is 274 g/mol. The second-order valence-electron chi connectivity index (χ2n) is 4.87. The van der Waals surface area contributed by atoms with Gasteiger partial charge >= 0.3 is 11.9 Å². The molecular weight excluding hydrogens is 252 g/mol. The zero-order valence-corrected chi connectivity index (χ0v) is 11.4. The first-order valence-corrected chi connectivity index (χ1v) is 6.77. The Balaban J connectivity index is 2.86. The van der Waals surface area contributed by atoms with Crippen molar-refractivity contribution in [2.45, 2.75) is 70.4 Å². The summed E-state index contributed by atoms with van der Waals surface area (Å²) in [6, 6.07) is 0. The van der Waals surface area contributed by atoms with Crippen molar-refractivity contribution >= 4 is 11.9 Å². The van der Waals surface area contributed by atoms with E-state index in [1.54, 1.807) is 0 Å². The number of unbranched alkanes of at least 4 members (excludes halogenated alkanes) is 2. The molecule has 1 saturated heterocycles. The van der Waals surface area contributed by atoms with Crippen LogP contribution in [0.1, 0.15) is 52.4 Å². The van der Waals surface area contributed by atoms with Crippen molar-refractivity contribution in [1.82, 2.24) is 0 Å². The van der Waals surface area contributed by atoms with E-state index in [1.165, 1.54) is 0 Å². The minimum Gasteiger partial charge on any atom is -0.479 e. The second kappa shape index (κ2) is 6.86. The quantitative estimate of drug-likeness (QED) is 0.703. The lowest BCUT2D eigenvalue weighted by Gasteiger charge is -2.27. The Hall–Kier alpha value is -1.14. The van der Waals surface area contributed by atoms with Crippen molar-refractivity contribution in [3.8, 4) is 0 Å². The maximum atomic E-state index is 11.1. The molecule has 0 radical (unpaired) electrons. The summed E-state index contributed by atoms with van der Waals surface area (Å²) in [4.78, 5) is 22.2. The minimum atomic E-state index is -1.42. The van der Waals surface area contributed by atoms with Crippen LogP contribution in [0, 0.1) is 0 Å². The highest BCUT2D eigenvalue weighted by atomic mass is 16.8. The van der Waals surface area contributed by atoms with Crippen LogP contribution in [0.3, 0.4) is 0 Å². The maximum Gasteiger partial charge on any atom is 0.336 e. The molecule has 19 heavy (non-hydrogen) atoms. The number of carboxylic acids is 2. The average Bonchev–Trinajstić information content (AvgIpc) is 2.75. The van der Waals surface area contributed by atoms with Crippen molar-refractivity contribution < 1.29 is 29.3 Å². The van der Waals surface area contributed by atoms with E-state index in [-0.39, 0.29) is 0 Å². The molecule has 0 amide bonds. The van der Waals surface area contributed by atoms with Crippen molar-refractivity contribution in [2.75, 3.05) is 0 Å². The SMILES string of the molecule is CCCCC1(CCCC)OC(C(=O)O)C(C(=O)O)O1. The van der Waals surface area contributed by atoms with Gasteiger partial charge < -0.3 is 19.7 Å². The topological polar surface area (TPSA) is 93.1 Å². The van der Waals surface area contributed by atoms with E-state index in [1.807, 2.05) is 13.8 Å². The molecule has 2 unspecified atom stereocenters. The number of hydrogen-bond donors (Lipinski definition) is 2. The Labute approximate surface area is 112 Å². The van der Waals surface area contributed by atoms with E-state index < -0.39 is 29.9 Å². The summed E-state index contributed by atoms with van der Waals surface area (Å²) in [6.07, 6.45) is 1.64. The van der Waals surface area contributed by atoms with Crippen molar-refractivity contribution in [1.29, 1.82) is 0 Å². The van der Waals surface area contributed by atoms with Gasteiger partial charge in [0.05, 0.1) is 0 Å². The lowest BCUT2D eigenvalue weighted by Crippen LogP contribution is -2.36. The lowest BCUT2D eigenvalue weighted by molar-refractivity contribution is -0.195. The summed E-state index contributed by atoms with van der Waals surface area (Å²) in [5, 5.41) is 18.1. The van der Waals surface area contributed by atoms with Crippen LogP contribution in [0.15, 0.2) is 0 Å². The molecule has 1 fully saturated rings. The standard InChI is InChI=1S/C13H22O6/c1-3-5-7-13(8-6-4-2)18-9(11(14)15)10(19-13)12(16)17/h9-10H,3-8H2,1-2H3,(H,14,15)(H,16,17). The summed E-state index contributed by atoms with van der Waals surface area (Å²) in [7, 11) is 0. The number of hydrogen-bond acceptors (Lipinski definition) is 4. The van der Waals surface area contributed by atoms with Crippen LogP contribution in [0.4, 0.5) is 0 Å². The Bertz CT molecular complexity index is 295. The number of rotatable bonds is 8. The summed E-state index contributed by atoms with van der Waals surface area (Å²) in [5.74, 6) is -3.64. The lowest BCUT2D eigenvalue weighted by atomic mass is 10.0. The van der Waals surface area contributed by atoms with Gasteiger partial charge in [0.2, 0.25) is 0 Å². The highest BCUT2D eigenvalue weighted by Crippen LogP contribution is 2.37. The van der Waals surface area contributed by atoms with Crippen LogP contribution < -0.4 is 0 Å². The Morgan fingerprint density at radius 3 is 1.58 bits per heavy atom. The minimum absolute atomic E-state index is 0.525. The molecule has 0 spiro atoms.